The maximum absolute atomic E-state index is 13.3. The highest BCUT2D eigenvalue weighted by molar-refractivity contribution is 5.77. The van der Waals surface area contributed by atoms with E-state index in [0.29, 0.717) is 0 Å². The highest BCUT2D eigenvalue weighted by Gasteiger charge is 2.42. The fourth-order valence-corrected chi connectivity index (χ4v) is 2.16. The van der Waals surface area contributed by atoms with Crippen LogP contribution >= 0.6 is 0 Å². The van der Waals surface area contributed by atoms with Crippen molar-refractivity contribution in [1.29, 1.82) is 0 Å². The van der Waals surface area contributed by atoms with Crippen molar-refractivity contribution in [3.8, 4) is 0 Å². The zero-order valence-corrected chi connectivity index (χ0v) is 9.10. The van der Waals surface area contributed by atoms with Crippen LogP contribution in [0.4, 0.5) is 8.78 Å². The van der Waals surface area contributed by atoms with Crippen LogP contribution < -0.4 is 0 Å². The molecule has 0 atom stereocenters. The largest absolute Gasteiger partial charge is 0.465 e. The van der Waals surface area contributed by atoms with E-state index >= 15 is 0 Å². The second-order valence-electron chi connectivity index (χ2n) is 4.26. The summed E-state index contributed by atoms with van der Waals surface area (Å²) >= 11 is 0. The molecule has 1 aliphatic rings. The molecule has 1 aliphatic carbocycles. The van der Waals surface area contributed by atoms with Gasteiger partial charge in [0.15, 0.2) is 0 Å². The average molecular weight is 220 g/mol. The van der Waals surface area contributed by atoms with Gasteiger partial charge in [-0.25, -0.2) is 4.79 Å². The Bertz CT molecular complexity index is 209. The van der Waals surface area contributed by atoms with Gasteiger partial charge in [0.05, 0.1) is 7.11 Å². The number of alkyl halides is 2. The second-order valence-corrected chi connectivity index (χ2v) is 4.26. The summed E-state index contributed by atoms with van der Waals surface area (Å²) in [6.07, 6.45) is 5.53. The number of halogens is 2. The van der Waals surface area contributed by atoms with E-state index in [9.17, 15) is 13.6 Å². The van der Waals surface area contributed by atoms with Gasteiger partial charge in [0.25, 0.3) is 0 Å². The van der Waals surface area contributed by atoms with E-state index in [1.54, 1.807) is 0 Å². The lowest BCUT2D eigenvalue weighted by Gasteiger charge is -2.19. The third-order valence-corrected chi connectivity index (χ3v) is 3.00. The van der Waals surface area contributed by atoms with Gasteiger partial charge in [-0.15, -0.1) is 0 Å². The molecule has 15 heavy (non-hydrogen) atoms. The minimum atomic E-state index is -3.30. The van der Waals surface area contributed by atoms with Crippen LogP contribution in [0.3, 0.4) is 0 Å². The van der Waals surface area contributed by atoms with Crippen LogP contribution in [0.25, 0.3) is 0 Å². The van der Waals surface area contributed by atoms with E-state index in [1.807, 2.05) is 0 Å². The van der Waals surface area contributed by atoms with Crippen molar-refractivity contribution in [1.82, 2.24) is 0 Å². The highest BCUT2D eigenvalue weighted by Crippen LogP contribution is 2.33. The van der Waals surface area contributed by atoms with Crippen molar-refractivity contribution in [3.63, 3.8) is 0 Å². The Morgan fingerprint density at radius 3 is 2.27 bits per heavy atom. The molecule has 0 aromatic heterocycles. The summed E-state index contributed by atoms with van der Waals surface area (Å²) in [5, 5.41) is 0. The first-order valence-corrected chi connectivity index (χ1v) is 5.52. The molecule has 4 heteroatoms. The molecule has 2 nitrogen and oxygen atoms in total. The summed E-state index contributed by atoms with van der Waals surface area (Å²) in [6.45, 7) is 0. The molecule has 0 saturated heterocycles. The van der Waals surface area contributed by atoms with E-state index in [1.165, 1.54) is 0 Å². The molecule has 0 heterocycles. The van der Waals surface area contributed by atoms with Crippen LogP contribution in [-0.2, 0) is 9.53 Å². The molecule has 0 aliphatic heterocycles. The van der Waals surface area contributed by atoms with Gasteiger partial charge in [-0.1, -0.05) is 38.5 Å². The number of hydrogen-bond donors (Lipinski definition) is 0. The number of esters is 1. The van der Waals surface area contributed by atoms with Crippen molar-refractivity contribution >= 4 is 5.97 Å². The Morgan fingerprint density at radius 1 is 1.27 bits per heavy atom. The lowest BCUT2D eigenvalue weighted by Crippen LogP contribution is -2.32. The number of carbonyl (C=O) groups excluding carboxylic acids is 1. The highest BCUT2D eigenvalue weighted by atomic mass is 19.3. The normalized spacial score (nSPS) is 19.7. The average Bonchev–Trinajstić information content (AvgIpc) is 2.44. The molecular formula is C11H18F2O2. The van der Waals surface area contributed by atoms with Crippen LogP contribution in [-0.4, -0.2) is 19.0 Å². The standard InChI is InChI=1S/C11H18F2O2/c1-15-10(14)11(12,13)8-9-6-4-2-3-5-7-9/h9H,2-8H2,1H3. The van der Waals surface area contributed by atoms with Crippen LogP contribution in [0.15, 0.2) is 0 Å². The fraction of sp³-hybridized carbons (Fsp3) is 0.909. The number of hydrogen-bond acceptors (Lipinski definition) is 2. The Hall–Kier alpha value is -0.670. The first-order chi connectivity index (χ1) is 7.06. The monoisotopic (exact) mass is 220 g/mol. The van der Waals surface area contributed by atoms with Crippen LogP contribution in [0.2, 0.25) is 0 Å². The molecule has 0 N–H and O–H groups in total. The van der Waals surface area contributed by atoms with E-state index in [4.69, 9.17) is 0 Å². The summed E-state index contributed by atoms with van der Waals surface area (Å²) in [5.41, 5.74) is 0. The van der Waals surface area contributed by atoms with Gasteiger partial charge in [0.1, 0.15) is 0 Å². The van der Waals surface area contributed by atoms with Crippen LogP contribution in [0.1, 0.15) is 44.9 Å². The first-order valence-electron chi connectivity index (χ1n) is 5.52. The Morgan fingerprint density at radius 2 is 1.80 bits per heavy atom. The number of methoxy groups -OCH3 is 1. The zero-order valence-electron chi connectivity index (χ0n) is 9.10. The van der Waals surface area contributed by atoms with Crippen LogP contribution in [0, 0.1) is 5.92 Å². The van der Waals surface area contributed by atoms with Gasteiger partial charge < -0.3 is 4.74 Å². The number of carbonyl (C=O) groups is 1. The Balaban J connectivity index is 2.47. The number of rotatable bonds is 3. The van der Waals surface area contributed by atoms with Gasteiger partial charge in [-0.2, -0.15) is 8.78 Å². The smallest absolute Gasteiger partial charge is 0.376 e. The Labute approximate surface area is 89.0 Å². The molecule has 0 unspecified atom stereocenters. The predicted molar refractivity (Wildman–Crippen MR) is 52.8 cm³/mol. The molecule has 0 bridgehead atoms. The molecule has 1 fully saturated rings. The molecule has 0 aromatic rings. The third-order valence-electron chi connectivity index (χ3n) is 3.00. The lowest BCUT2D eigenvalue weighted by atomic mass is 9.93. The zero-order chi connectivity index (χ0) is 11.3. The minimum Gasteiger partial charge on any atom is -0.465 e. The van der Waals surface area contributed by atoms with Gasteiger partial charge >= 0.3 is 11.9 Å². The van der Waals surface area contributed by atoms with E-state index < -0.39 is 11.9 Å². The van der Waals surface area contributed by atoms with Crippen molar-refractivity contribution in [2.24, 2.45) is 5.92 Å². The topological polar surface area (TPSA) is 26.3 Å². The van der Waals surface area contributed by atoms with E-state index in [2.05, 4.69) is 4.74 Å². The first kappa shape index (κ1) is 12.4. The van der Waals surface area contributed by atoms with E-state index in [0.717, 1.165) is 45.6 Å². The quantitative estimate of drug-likeness (QED) is 0.539. The number of ether oxygens (including phenoxy) is 1. The molecular weight excluding hydrogens is 202 g/mol. The SMILES string of the molecule is COC(=O)C(F)(F)CC1CCCCCC1. The van der Waals surface area contributed by atoms with E-state index in [-0.39, 0.29) is 12.3 Å². The van der Waals surface area contributed by atoms with Crippen molar-refractivity contribution < 1.29 is 18.3 Å². The molecule has 88 valence electrons. The molecule has 1 saturated carbocycles. The van der Waals surface area contributed by atoms with Gasteiger partial charge in [0, 0.05) is 6.42 Å². The van der Waals surface area contributed by atoms with Gasteiger partial charge in [0.2, 0.25) is 0 Å². The summed E-state index contributed by atoms with van der Waals surface area (Å²) in [7, 11) is 1.00. The third kappa shape index (κ3) is 3.76. The maximum atomic E-state index is 13.3. The summed E-state index contributed by atoms with van der Waals surface area (Å²) in [5.74, 6) is -4.72. The van der Waals surface area contributed by atoms with Crippen LogP contribution in [0.5, 0.6) is 0 Å². The van der Waals surface area contributed by atoms with Crippen molar-refractivity contribution in [3.05, 3.63) is 0 Å². The fourth-order valence-electron chi connectivity index (χ4n) is 2.16. The predicted octanol–water partition coefficient (Wildman–Crippen LogP) is 3.16. The molecule has 1 rings (SSSR count). The molecule has 0 radical (unpaired) electrons. The van der Waals surface area contributed by atoms with Crippen molar-refractivity contribution in [2.45, 2.75) is 50.9 Å². The molecule has 0 amide bonds. The lowest BCUT2D eigenvalue weighted by molar-refractivity contribution is -0.171. The minimum absolute atomic E-state index is 0.0263. The van der Waals surface area contributed by atoms with Gasteiger partial charge in [-0.05, 0) is 5.92 Å². The molecule has 0 spiro atoms. The summed E-state index contributed by atoms with van der Waals surface area (Å²) in [6, 6.07) is 0. The molecule has 0 aromatic carbocycles. The maximum Gasteiger partial charge on any atom is 0.376 e. The summed E-state index contributed by atoms with van der Waals surface area (Å²) in [4.78, 5) is 10.8. The van der Waals surface area contributed by atoms with Gasteiger partial charge in [-0.3, -0.25) is 0 Å². The summed E-state index contributed by atoms with van der Waals surface area (Å²) < 4.78 is 30.6. The Kier molecular flexibility index (Phi) is 4.48. The second kappa shape index (κ2) is 5.42. The van der Waals surface area contributed by atoms with Crippen molar-refractivity contribution in [2.75, 3.05) is 7.11 Å².